The first-order valence-electron chi connectivity index (χ1n) is 11.2. The zero-order valence-electron chi connectivity index (χ0n) is 19.4. The first-order valence-corrected chi connectivity index (χ1v) is 11.2. The molecule has 3 aromatic rings. The zero-order chi connectivity index (χ0) is 23.4. The summed E-state index contributed by atoms with van der Waals surface area (Å²) in [5.74, 6) is 8.05. The molecule has 35 heavy (non-hydrogen) atoms. The Morgan fingerprint density at radius 2 is 1.74 bits per heavy atom. The molecule has 1 atom stereocenters. The highest BCUT2D eigenvalue weighted by Crippen LogP contribution is 2.21. The number of nitrogens with two attached hydrogens (primary N) is 1. The molecule has 4 rings (SSSR count). The topological polar surface area (TPSA) is 85.1 Å². The maximum Gasteiger partial charge on any atom is 0.218 e. The van der Waals surface area contributed by atoms with E-state index in [1.165, 1.54) is 0 Å². The van der Waals surface area contributed by atoms with Crippen molar-refractivity contribution in [2.24, 2.45) is 5.73 Å². The van der Waals surface area contributed by atoms with E-state index in [2.05, 4.69) is 16.8 Å². The van der Waals surface area contributed by atoms with E-state index in [1.54, 1.807) is 6.07 Å². The molecule has 7 nitrogen and oxygen atoms in total. The van der Waals surface area contributed by atoms with E-state index < -0.39 is 0 Å². The molecular formula is C27H29ClN2O5. The van der Waals surface area contributed by atoms with Crippen LogP contribution in [-0.4, -0.2) is 50.7 Å². The lowest BCUT2D eigenvalue weighted by Crippen LogP contribution is -2.33. The summed E-state index contributed by atoms with van der Waals surface area (Å²) in [6, 6.07) is 21.1. The number of benzene rings is 2. The Morgan fingerprint density at radius 1 is 0.914 bits per heavy atom. The van der Waals surface area contributed by atoms with Crippen LogP contribution in [0, 0.1) is 11.8 Å². The van der Waals surface area contributed by atoms with Gasteiger partial charge in [-0.2, -0.15) is 0 Å². The minimum atomic E-state index is -0.126. The molecule has 1 aliphatic heterocycles. The molecule has 1 saturated heterocycles. The van der Waals surface area contributed by atoms with Crippen molar-refractivity contribution in [1.82, 2.24) is 4.98 Å². The van der Waals surface area contributed by atoms with Gasteiger partial charge in [-0.3, -0.25) is 0 Å². The van der Waals surface area contributed by atoms with Crippen molar-refractivity contribution in [3.63, 3.8) is 0 Å². The van der Waals surface area contributed by atoms with Gasteiger partial charge in [-0.05, 0) is 35.7 Å². The molecule has 2 N–H and O–H groups in total. The number of pyridine rings is 1. The molecule has 2 aromatic carbocycles. The second-order valence-corrected chi connectivity index (χ2v) is 7.59. The van der Waals surface area contributed by atoms with E-state index in [1.807, 2.05) is 60.7 Å². The molecular weight excluding hydrogens is 468 g/mol. The second-order valence-electron chi connectivity index (χ2n) is 7.59. The van der Waals surface area contributed by atoms with Crippen LogP contribution < -0.4 is 19.9 Å². The SMILES string of the molecule is Cl.NCCOc1ccc(C#Cc2cc(OCc3ccccc3)cc(OCC3COCCO3)n2)cc1. The number of halogens is 1. The molecule has 1 unspecified atom stereocenters. The smallest absolute Gasteiger partial charge is 0.218 e. The zero-order valence-corrected chi connectivity index (χ0v) is 20.2. The van der Waals surface area contributed by atoms with Crippen LogP contribution in [0.5, 0.6) is 17.4 Å². The second kappa shape index (κ2) is 14.2. The molecule has 0 saturated carbocycles. The average Bonchev–Trinajstić information content (AvgIpc) is 2.90. The molecule has 1 aliphatic rings. The Labute approximate surface area is 211 Å². The summed E-state index contributed by atoms with van der Waals surface area (Å²) < 4.78 is 28.5. The van der Waals surface area contributed by atoms with Gasteiger partial charge >= 0.3 is 0 Å². The third-order valence-corrected chi connectivity index (χ3v) is 4.90. The number of ether oxygens (including phenoxy) is 5. The lowest BCUT2D eigenvalue weighted by Gasteiger charge is -2.22. The predicted molar refractivity (Wildman–Crippen MR) is 135 cm³/mol. The van der Waals surface area contributed by atoms with Gasteiger partial charge in [-0.15, -0.1) is 12.4 Å². The standard InChI is InChI=1S/C27H28N2O5.ClH/c28-12-13-31-24-10-7-21(8-11-24)6-9-23-16-25(33-18-22-4-2-1-3-5-22)17-27(29-23)34-20-26-19-30-14-15-32-26;/h1-5,7-8,10-11,16-17,26H,12-15,18-20,28H2;1H. The average molecular weight is 497 g/mol. The third-order valence-electron chi connectivity index (χ3n) is 4.90. The number of hydrogen-bond acceptors (Lipinski definition) is 7. The van der Waals surface area contributed by atoms with Gasteiger partial charge in [0, 0.05) is 24.2 Å². The normalized spacial score (nSPS) is 14.7. The maximum atomic E-state index is 6.00. The lowest BCUT2D eigenvalue weighted by molar-refractivity contribution is -0.102. The van der Waals surface area contributed by atoms with Crippen molar-refractivity contribution in [2.45, 2.75) is 12.7 Å². The van der Waals surface area contributed by atoms with E-state index in [-0.39, 0.29) is 18.5 Å². The highest BCUT2D eigenvalue weighted by atomic mass is 35.5. The summed E-state index contributed by atoms with van der Waals surface area (Å²) in [7, 11) is 0. The van der Waals surface area contributed by atoms with Gasteiger partial charge in [-0.25, -0.2) is 4.98 Å². The van der Waals surface area contributed by atoms with E-state index >= 15 is 0 Å². The van der Waals surface area contributed by atoms with Gasteiger partial charge in [0.15, 0.2) is 0 Å². The van der Waals surface area contributed by atoms with Crippen molar-refractivity contribution in [3.05, 3.63) is 83.6 Å². The van der Waals surface area contributed by atoms with Gasteiger partial charge in [0.2, 0.25) is 5.88 Å². The van der Waals surface area contributed by atoms with Crippen LogP contribution in [0.3, 0.4) is 0 Å². The van der Waals surface area contributed by atoms with Crippen LogP contribution in [0.1, 0.15) is 16.8 Å². The van der Waals surface area contributed by atoms with Crippen LogP contribution in [0.25, 0.3) is 0 Å². The Bertz CT molecular complexity index is 1090. The molecule has 0 radical (unpaired) electrons. The van der Waals surface area contributed by atoms with Gasteiger partial charge in [0.1, 0.15) is 43.1 Å². The molecule has 1 aromatic heterocycles. The van der Waals surface area contributed by atoms with Crippen LogP contribution in [0.15, 0.2) is 66.7 Å². The minimum absolute atomic E-state index is 0. The van der Waals surface area contributed by atoms with Crippen molar-refractivity contribution in [3.8, 4) is 29.2 Å². The Hall–Kier alpha value is -3.28. The first-order chi connectivity index (χ1) is 16.8. The molecule has 0 amide bonds. The molecule has 1 fully saturated rings. The van der Waals surface area contributed by atoms with Gasteiger partial charge in [-0.1, -0.05) is 36.3 Å². The summed E-state index contributed by atoms with van der Waals surface area (Å²) in [4.78, 5) is 4.54. The fraction of sp³-hybridized carbons (Fsp3) is 0.296. The minimum Gasteiger partial charge on any atom is -0.492 e. The fourth-order valence-electron chi connectivity index (χ4n) is 3.20. The molecule has 8 heteroatoms. The quantitative estimate of drug-likeness (QED) is 0.453. The van der Waals surface area contributed by atoms with Crippen LogP contribution >= 0.6 is 12.4 Å². The fourth-order valence-corrected chi connectivity index (χ4v) is 3.20. The van der Waals surface area contributed by atoms with Crippen LogP contribution in [0.2, 0.25) is 0 Å². The highest BCUT2D eigenvalue weighted by molar-refractivity contribution is 5.85. The molecule has 0 aliphatic carbocycles. The van der Waals surface area contributed by atoms with Crippen molar-refractivity contribution < 1.29 is 23.7 Å². The highest BCUT2D eigenvalue weighted by Gasteiger charge is 2.16. The van der Waals surface area contributed by atoms with E-state index in [4.69, 9.17) is 29.4 Å². The van der Waals surface area contributed by atoms with Gasteiger partial charge in [0.05, 0.1) is 19.8 Å². The Kier molecular flexibility index (Phi) is 10.7. The van der Waals surface area contributed by atoms with Gasteiger partial charge < -0.3 is 29.4 Å². The number of rotatable bonds is 9. The number of nitrogens with zero attached hydrogens (tertiary/aromatic N) is 1. The maximum absolute atomic E-state index is 6.00. The van der Waals surface area contributed by atoms with Crippen molar-refractivity contribution >= 4 is 12.4 Å². The van der Waals surface area contributed by atoms with Crippen molar-refractivity contribution in [2.75, 3.05) is 39.6 Å². The molecule has 0 bridgehead atoms. The molecule has 2 heterocycles. The summed E-state index contributed by atoms with van der Waals surface area (Å²) in [6.07, 6.45) is -0.126. The number of aromatic nitrogens is 1. The summed E-state index contributed by atoms with van der Waals surface area (Å²) >= 11 is 0. The first kappa shape index (κ1) is 26.3. The van der Waals surface area contributed by atoms with E-state index in [0.29, 0.717) is 63.5 Å². The molecule has 184 valence electrons. The third kappa shape index (κ3) is 8.78. The lowest BCUT2D eigenvalue weighted by atomic mass is 10.2. The largest absolute Gasteiger partial charge is 0.492 e. The Balaban J connectivity index is 0.00000342. The van der Waals surface area contributed by atoms with E-state index in [9.17, 15) is 0 Å². The van der Waals surface area contributed by atoms with Crippen molar-refractivity contribution in [1.29, 1.82) is 0 Å². The monoisotopic (exact) mass is 496 g/mol. The number of hydrogen-bond donors (Lipinski definition) is 1. The summed E-state index contributed by atoms with van der Waals surface area (Å²) in [5, 5.41) is 0. The summed E-state index contributed by atoms with van der Waals surface area (Å²) in [6.45, 7) is 3.40. The van der Waals surface area contributed by atoms with Crippen LogP contribution in [0.4, 0.5) is 0 Å². The van der Waals surface area contributed by atoms with E-state index in [0.717, 1.165) is 16.9 Å². The Morgan fingerprint density at radius 3 is 2.49 bits per heavy atom. The molecule has 0 spiro atoms. The van der Waals surface area contributed by atoms with Crippen LogP contribution in [-0.2, 0) is 16.1 Å². The summed E-state index contributed by atoms with van der Waals surface area (Å²) in [5.41, 5.74) is 7.93. The predicted octanol–water partition coefficient (Wildman–Crippen LogP) is 3.61. The van der Waals surface area contributed by atoms with Gasteiger partial charge in [0.25, 0.3) is 0 Å².